The van der Waals surface area contributed by atoms with Gasteiger partial charge in [-0.05, 0) is 25.3 Å². The van der Waals surface area contributed by atoms with E-state index in [1.165, 1.54) is 56.1 Å². The fourth-order valence-corrected chi connectivity index (χ4v) is 3.22. The van der Waals surface area contributed by atoms with E-state index in [0.29, 0.717) is 0 Å². The summed E-state index contributed by atoms with van der Waals surface area (Å²) in [4.78, 5) is 7.44. The SMILES string of the molecule is CCCN1CCc2nc3n(c2C1)CC(C)CC3. The van der Waals surface area contributed by atoms with E-state index in [1.807, 2.05) is 0 Å². The Morgan fingerprint density at radius 3 is 3.06 bits per heavy atom. The predicted octanol–water partition coefficient (Wildman–Crippen LogP) is 2.23. The minimum atomic E-state index is 0.822. The van der Waals surface area contributed by atoms with Gasteiger partial charge in [0.2, 0.25) is 0 Å². The summed E-state index contributed by atoms with van der Waals surface area (Å²) in [5.41, 5.74) is 2.91. The molecule has 3 heteroatoms. The van der Waals surface area contributed by atoms with E-state index in [1.54, 1.807) is 0 Å². The molecule has 94 valence electrons. The Balaban J connectivity index is 1.88. The number of hydrogen-bond donors (Lipinski definition) is 0. The van der Waals surface area contributed by atoms with Gasteiger partial charge in [0.1, 0.15) is 5.82 Å². The molecular formula is C14H23N3. The second-order valence-electron chi connectivity index (χ2n) is 5.70. The lowest BCUT2D eigenvalue weighted by atomic mass is 10.0. The highest BCUT2D eigenvalue weighted by molar-refractivity contribution is 5.21. The van der Waals surface area contributed by atoms with Crippen LogP contribution in [-0.4, -0.2) is 27.5 Å². The molecule has 2 aliphatic heterocycles. The van der Waals surface area contributed by atoms with Gasteiger partial charge in [-0.1, -0.05) is 13.8 Å². The first-order valence-corrected chi connectivity index (χ1v) is 7.07. The lowest BCUT2D eigenvalue weighted by Gasteiger charge is -2.28. The van der Waals surface area contributed by atoms with Gasteiger partial charge >= 0.3 is 0 Å². The summed E-state index contributed by atoms with van der Waals surface area (Å²) < 4.78 is 2.52. The molecule has 0 N–H and O–H groups in total. The van der Waals surface area contributed by atoms with Crippen LogP contribution in [0.25, 0.3) is 0 Å². The molecule has 0 saturated heterocycles. The molecule has 0 radical (unpaired) electrons. The fraction of sp³-hybridized carbons (Fsp3) is 0.786. The van der Waals surface area contributed by atoms with Crippen LogP contribution in [0.3, 0.4) is 0 Å². The van der Waals surface area contributed by atoms with Crippen molar-refractivity contribution in [2.24, 2.45) is 5.92 Å². The summed E-state index contributed by atoms with van der Waals surface area (Å²) in [5.74, 6) is 2.17. The third-order valence-electron chi connectivity index (χ3n) is 4.17. The molecule has 0 amide bonds. The van der Waals surface area contributed by atoms with Crippen molar-refractivity contribution in [2.75, 3.05) is 13.1 Å². The molecule has 3 heterocycles. The van der Waals surface area contributed by atoms with Crippen molar-refractivity contribution in [3.05, 3.63) is 17.2 Å². The van der Waals surface area contributed by atoms with Gasteiger partial charge in [-0.2, -0.15) is 0 Å². The summed E-state index contributed by atoms with van der Waals surface area (Å²) >= 11 is 0. The normalized spacial score (nSPS) is 24.5. The van der Waals surface area contributed by atoms with E-state index < -0.39 is 0 Å². The Bertz CT molecular complexity index is 408. The van der Waals surface area contributed by atoms with E-state index in [-0.39, 0.29) is 0 Å². The van der Waals surface area contributed by atoms with E-state index in [2.05, 4.69) is 23.3 Å². The van der Waals surface area contributed by atoms with Crippen molar-refractivity contribution in [2.45, 2.75) is 52.6 Å². The molecule has 1 atom stereocenters. The highest BCUT2D eigenvalue weighted by Crippen LogP contribution is 2.26. The van der Waals surface area contributed by atoms with Crippen molar-refractivity contribution >= 4 is 0 Å². The van der Waals surface area contributed by atoms with Crippen LogP contribution < -0.4 is 0 Å². The van der Waals surface area contributed by atoms with Crippen molar-refractivity contribution in [3.8, 4) is 0 Å². The van der Waals surface area contributed by atoms with Crippen LogP contribution in [0, 0.1) is 5.92 Å². The maximum atomic E-state index is 4.86. The molecule has 0 aliphatic carbocycles. The Labute approximate surface area is 104 Å². The van der Waals surface area contributed by atoms with E-state index >= 15 is 0 Å². The molecule has 0 bridgehead atoms. The number of nitrogens with zero attached hydrogens (tertiary/aromatic N) is 3. The molecule has 0 aromatic carbocycles. The second kappa shape index (κ2) is 4.45. The van der Waals surface area contributed by atoms with Crippen molar-refractivity contribution < 1.29 is 0 Å². The Morgan fingerprint density at radius 2 is 2.24 bits per heavy atom. The van der Waals surface area contributed by atoms with Gasteiger partial charge in [0.25, 0.3) is 0 Å². The first kappa shape index (κ1) is 11.3. The number of fused-ring (bicyclic) bond motifs is 3. The van der Waals surface area contributed by atoms with Crippen LogP contribution >= 0.6 is 0 Å². The van der Waals surface area contributed by atoms with Gasteiger partial charge in [0.15, 0.2) is 0 Å². The van der Waals surface area contributed by atoms with Gasteiger partial charge in [-0.3, -0.25) is 4.90 Å². The third kappa shape index (κ3) is 2.01. The molecular weight excluding hydrogens is 210 g/mol. The van der Waals surface area contributed by atoms with Gasteiger partial charge < -0.3 is 4.57 Å². The highest BCUT2D eigenvalue weighted by Gasteiger charge is 2.26. The molecule has 3 nitrogen and oxygen atoms in total. The number of aromatic nitrogens is 2. The van der Waals surface area contributed by atoms with Crippen LogP contribution in [0.5, 0.6) is 0 Å². The molecule has 17 heavy (non-hydrogen) atoms. The monoisotopic (exact) mass is 233 g/mol. The molecule has 3 rings (SSSR count). The molecule has 1 aromatic heterocycles. The summed E-state index contributed by atoms with van der Waals surface area (Å²) in [7, 11) is 0. The topological polar surface area (TPSA) is 21.1 Å². The maximum Gasteiger partial charge on any atom is 0.109 e. The number of hydrogen-bond acceptors (Lipinski definition) is 2. The van der Waals surface area contributed by atoms with Crippen molar-refractivity contribution in [3.63, 3.8) is 0 Å². The zero-order valence-corrected chi connectivity index (χ0v) is 11.1. The minimum Gasteiger partial charge on any atom is -0.330 e. The zero-order valence-electron chi connectivity index (χ0n) is 11.1. The Hall–Kier alpha value is -0.830. The number of imidazole rings is 1. The van der Waals surface area contributed by atoms with E-state index in [4.69, 9.17) is 4.98 Å². The number of rotatable bonds is 2. The van der Waals surface area contributed by atoms with Crippen LogP contribution in [0.1, 0.15) is 43.9 Å². The molecule has 0 spiro atoms. The average molecular weight is 233 g/mol. The fourth-order valence-electron chi connectivity index (χ4n) is 3.22. The Kier molecular flexibility index (Phi) is 2.95. The molecule has 1 aromatic rings. The van der Waals surface area contributed by atoms with Gasteiger partial charge in [0, 0.05) is 32.5 Å². The van der Waals surface area contributed by atoms with E-state index in [0.717, 1.165) is 18.9 Å². The predicted molar refractivity (Wildman–Crippen MR) is 69.0 cm³/mol. The molecule has 1 unspecified atom stereocenters. The lowest BCUT2D eigenvalue weighted by molar-refractivity contribution is 0.242. The average Bonchev–Trinajstić information content (AvgIpc) is 2.67. The first-order chi connectivity index (χ1) is 8.28. The van der Waals surface area contributed by atoms with Gasteiger partial charge in [0.05, 0.1) is 11.4 Å². The summed E-state index contributed by atoms with van der Waals surface area (Å²) in [6, 6.07) is 0. The van der Waals surface area contributed by atoms with Gasteiger partial charge in [-0.25, -0.2) is 4.98 Å². The van der Waals surface area contributed by atoms with Gasteiger partial charge in [-0.15, -0.1) is 0 Å². The van der Waals surface area contributed by atoms with Crippen molar-refractivity contribution in [1.82, 2.24) is 14.5 Å². The molecule has 2 aliphatic rings. The zero-order chi connectivity index (χ0) is 11.8. The minimum absolute atomic E-state index is 0.822. The first-order valence-electron chi connectivity index (χ1n) is 7.07. The molecule has 0 saturated carbocycles. The quantitative estimate of drug-likeness (QED) is 0.781. The largest absolute Gasteiger partial charge is 0.330 e. The summed E-state index contributed by atoms with van der Waals surface area (Å²) in [6.45, 7) is 9.38. The van der Waals surface area contributed by atoms with Crippen LogP contribution in [0.15, 0.2) is 0 Å². The molecule has 0 fully saturated rings. The number of aryl methyl sites for hydroxylation is 1. The Morgan fingerprint density at radius 1 is 1.35 bits per heavy atom. The van der Waals surface area contributed by atoms with Crippen LogP contribution in [0.4, 0.5) is 0 Å². The third-order valence-corrected chi connectivity index (χ3v) is 4.17. The van der Waals surface area contributed by atoms with Crippen molar-refractivity contribution in [1.29, 1.82) is 0 Å². The summed E-state index contributed by atoms with van der Waals surface area (Å²) in [5, 5.41) is 0. The van der Waals surface area contributed by atoms with Crippen LogP contribution in [-0.2, 0) is 25.9 Å². The summed E-state index contributed by atoms with van der Waals surface area (Å²) in [6.07, 6.45) is 4.91. The highest BCUT2D eigenvalue weighted by atomic mass is 15.2. The lowest BCUT2D eigenvalue weighted by Crippen LogP contribution is -2.33. The maximum absolute atomic E-state index is 4.86. The smallest absolute Gasteiger partial charge is 0.109 e. The van der Waals surface area contributed by atoms with E-state index in [9.17, 15) is 0 Å². The standard InChI is InChI=1S/C14H23N3/c1-3-7-16-8-6-12-13(10-16)17-9-11(2)4-5-14(17)15-12/h11H,3-10H2,1-2H3. The van der Waals surface area contributed by atoms with Crippen LogP contribution in [0.2, 0.25) is 0 Å². The second-order valence-corrected chi connectivity index (χ2v) is 5.70.